The van der Waals surface area contributed by atoms with Crippen LogP contribution in [0.1, 0.15) is 19.8 Å². The number of amides is 1. The van der Waals surface area contributed by atoms with Crippen molar-refractivity contribution in [1.82, 2.24) is 4.90 Å². The normalized spacial score (nSPS) is 13.3. The van der Waals surface area contributed by atoms with Crippen LogP contribution in [0.3, 0.4) is 0 Å². The number of nitrogens with zero attached hydrogens (tertiary/aromatic N) is 1. The molecule has 84 valence electrons. The minimum absolute atomic E-state index is 0.0652. The molecule has 0 spiro atoms. The molecule has 0 bridgehead atoms. The first kappa shape index (κ1) is 13.7. The Morgan fingerprint density at radius 1 is 1.53 bits per heavy atom. The van der Waals surface area contributed by atoms with Crippen LogP contribution in [-0.4, -0.2) is 37.6 Å². The van der Waals surface area contributed by atoms with Crippen LogP contribution >= 0.6 is 0 Å². The summed E-state index contributed by atoms with van der Waals surface area (Å²) in [7, 11) is 1.56. The van der Waals surface area contributed by atoms with E-state index in [2.05, 4.69) is 18.4 Å². The molecule has 1 heterocycles. The van der Waals surface area contributed by atoms with Gasteiger partial charge in [-0.25, -0.2) is 0 Å². The Kier molecular flexibility index (Phi) is 8.50. The standard InChI is InChI=1S/C9H13NO2.C3H6/c1-12-8-4-5-9(11)10-6-2-3-7-10;1-3-2/h2-3,6-8H2,1H3;3H,1H2,2H3. The van der Waals surface area contributed by atoms with Crippen molar-refractivity contribution in [3.05, 3.63) is 12.7 Å². The van der Waals surface area contributed by atoms with Crippen molar-refractivity contribution in [1.29, 1.82) is 0 Å². The Morgan fingerprint density at radius 3 is 2.53 bits per heavy atom. The number of likely N-dealkylation sites (tertiary alicyclic amines) is 1. The van der Waals surface area contributed by atoms with E-state index in [4.69, 9.17) is 4.74 Å². The molecule has 0 aromatic carbocycles. The molecule has 1 aliphatic rings. The largest absolute Gasteiger partial charge is 0.372 e. The van der Waals surface area contributed by atoms with Crippen molar-refractivity contribution in [3.8, 4) is 11.8 Å². The Labute approximate surface area is 92.1 Å². The predicted molar refractivity (Wildman–Crippen MR) is 61.3 cm³/mol. The summed E-state index contributed by atoms with van der Waals surface area (Å²) in [4.78, 5) is 13.0. The zero-order valence-electron chi connectivity index (χ0n) is 9.58. The molecule has 0 unspecified atom stereocenters. The van der Waals surface area contributed by atoms with Crippen LogP contribution in [0.5, 0.6) is 0 Å². The van der Waals surface area contributed by atoms with Gasteiger partial charge in [0.05, 0.1) is 0 Å². The van der Waals surface area contributed by atoms with Gasteiger partial charge in [0.2, 0.25) is 0 Å². The zero-order chi connectivity index (χ0) is 11.5. The van der Waals surface area contributed by atoms with E-state index in [1.807, 2.05) is 6.92 Å². The van der Waals surface area contributed by atoms with Crippen LogP contribution in [0.4, 0.5) is 0 Å². The summed E-state index contributed by atoms with van der Waals surface area (Å²) in [6.45, 7) is 7.31. The molecule has 3 nitrogen and oxygen atoms in total. The average molecular weight is 209 g/mol. The minimum atomic E-state index is -0.0652. The lowest BCUT2D eigenvalue weighted by Crippen LogP contribution is -2.25. The van der Waals surface area contributed by atoms with Gasteiger partial charge < -0.3 is 9.64 Å². The van der Waals surface area contributed by atoms with E-state index in [0.717, 1.165) is 25.9 Å². The van der Waals surface area contributed by atoms with E-state index in [-0.39, 0.29) is 5.91 Å². The van der Waals surface area contributed by atoms with Gasteiger partial charge in [0.1, 0.15) is 6.61 Å². The molecule has 0 radical (unpaired) electrons. The van der Waals surface area contributed by atoms with Gasteiger partial charge in [-0.05, 0) is 25.7 Å². The van der Waals surface area contributed by atoms with E-state index in [1.54, 1.807) is 18.1 Å². The van der Waals surface area contributed by atoms with Gasteiger partial charge in [-0.15, -0.1) is 6.58 Å². The Bertz CT molecular complexity index is 244. The lowest BCUT2D eigenvalue weighted by atomic mass is 10.4. The number of hydrogen-bond donors (Lipinski definition) is 0. The van der Waals surface area contributed by atoms with Crippen LogP contribution in [0.25, 0.3) is 0 Å². The maximum absolute atomic E-state index is 11.2. The highest BCUT2D eigenvalue weighted by molar-refractivity contribution is 5.93. The van der Waals surface area contributed by atoms with Gasteiger partial charge >= 0.3 is 0 Å². The van der Waals surface area contributed by atoms with Gasteiger partial charge in [0, 0.05) is 20.2 Å². The van der Waals surface area contributed by atoms with Crippen molar-refractivity contribution < 1.29 is 9.53 Å². The first-order valence-electron chi connectivity index (χ1n) is 5.10. The minimum Gasteiger partial charge on any atom is -0.372 e. The number of carbonyl (C=O) groups excluding carboxylic acids is 1. The van der Waals surface area contributed by atoms with Crippen LogP contribution in [0, 0.1) is 11.8 Å². The molecule has 1 amide bonds. The fraction of sp³-hybridized carbons (Fsp3) is 0.583. The molecular weight excluding hydrogens is 190 g/mol. The molecule has 3 heteroatoms. The van der Waals surface area contributed by atoms with E-state index in [0.29, 0.717) is 6.61 Å². The van der Waals surface area contributed by atoms with E-state index >= 15 is 0 Å². The molecule has 1 rings (SSSR count). The van der Waals surface area contributed by atoms with Crippen molar-refractivity contribution in [2.24, 2.45) is 0 Å². The molecule has 0 aromatic heterocycles. The SMILES string of the molecule is C=CC.COCC#CC(=O)N1CCCC1. The molecule has 0 aromatic rings. The highest BCUT2D eigenvalue weighted by Gasteiger charge is 2.15. The molecule has 1 fully saturated rings. The third-order valence-corrected chi connectivity index (χ3v) is 1.81. The summed E-state index contributed by atoms with van der Waals surface area (Å²) >= 11 is 0. The number of hydrogen-bond acceptors (Lipinski definition) is 2. The molecule has 1 saturated heterocycles. The number of allylic oxidation sites excluding steroid dienone is 1. The lowest BCUT2D eigenvalue weighted by molar-refractivity contribution is -0.124. The summed E-state index contributed by atoms with van der Waals surface area (Å²) in [5.41, 5.74) is 0. The fourth-order valence-electron chi connectivity index (χ4n) is 1.18. The van der Waals surface area contributed by atoms with Gasteiger partial charge in [0.25, 0.3) is 5.91 Å². The third-order valence-electron chi connectivity index (χ3n) is 1.81. The quantitative estimate of drug-likeness (QED) is 0.483. The van der Waals surface area contributed by atoms with E-state index in [9.17, 15) is 4.79 Å². The second-order valence-corrected chi connectivity index (χ2v) is 3.14. The number of methoxy groups -OCH3 is 1. The second-order valence-electron chi connectivity index (χ2n) is 3.14. The van der Waals surface area contributed by atoms with Crippen molar-refractivity contribution in [3.63, 3.8) is 0 Å². The molecule has 0 N–H and O–H groups in total. The predicted octanol–water partition coefficient (Wildman–Crippen LogP) is 1.45. The first-order chi connectivity index (χ1) is 7.26. The van der Waals surface area contributed by atoms with Gasteiger partial charge in [-0.2, -0.15) is 0 Å². The maximum Gasteiger partial charge on any atom is 0.298 e. The van der Waals surface area contributed by atoms with Crippen LogP contribution in [-0.2, 0) is 9.53 Å². The summed E-state index contributed by atoms with van der Waals surface area (Å²) < 4.78 is 4.71. The van der Waals surface area contributed by atoms with Crippen LogP contribution in [0.2, 0.25) is 0 Å². The number of carbonyl (C=O) groups is 1. The van der Waals surface area contributed by atoms with E-state index in [1.165, 1.54) is 0 Å². The molecule has 1 aliphatic heterocycles. The summed E-state index contributed by atoms with van der Waals surface area (Å²) in [6, 6.07) is 0. The fourth-order valence-corrected chi connectivity index (χ4v) is 1.18. The first-order valence-corrected chi connectivity index (χ1v) is 5.10. The molecule has 15 heavy (non-hydrogen) atoms. The Morgan fingerprint density at radius 2 is 2.07 bits per heavy atom. The monoisotopic (exact) mass is 209 g/mol. The topological polar surface area (TPSA) is 29.5 Å². The lowest BCUT2D eigenvalue weighted by Gasteiger charge is -2.09. The van der Waals surface area contributed by atoms with Crippen molar-refractivity contribution >= 4 is 5.91 Å². The van der Waals surface area contributed by atoms with Gasteiger partial charge in [0.15, 0.2) is 0 Å². The molecule has 0 saturated carbocycles. The molecular formula is C12H19NO2. The summed E-state index contributed by atoms with van der Waals surface area (Å²) in [5, 5.41) is 0. The number of rotatable bonds is 1. The second kappa shape index (κ2) is 9.29. The smallest absolute Gasteiger partial charge is 0.298 e. The van der Waals surface area contributed by atoms with Crippen molar-refractivity contribution in [2.75, 3.05) is 26.8 Å². The Hall–Kier alpha value is -1.27. The molecule has 0 atom stereocenters. The van der Waals surface area contributed by atoms with Gasteiger partial charge in [-0.3, -0.25) is 4.79 Å². The Balaban J connectivity index is 0.000000583. The van der Waals surface area contributed by atoms with Gasteiger partial charge in [-0.1, -0.05) is 12.0 Å². The van der Waals surface area contributed by atoms with E-state index < -0.39 is 0 Å². The summed E-state index contributed by atoms with van der Waals surface area (Å²) in [5.74, 6) is 5.12. The number of ether oxygens (including phenoxy) is 1. The average Bonchev–Trinajstić information content (AvgIpc) is 2.72. The van der Waals surface area contributed by atoms with Crippen LogP contribution in [0.15, 0.2) is 12.7 Å². The highest BCUT2D eigenvalue weighted by Crippen LogP contribution is 2.06. The zero-order valence-corrected chi connectivity index (χ0v) is 9.58. The highest BCUT2D eigenvalue weighted by atomic mass is 16.5. The summed E-state index contributed by atoms with van der Waals surface area (Å²) in [6.07, 6.45) is 3.97. The third kappa shape index (κ3) is 6.75. The maximum atomic E-state index is 11.2. The van der Waals surface area contributed by atoms with Crippen molar-refractivity contribution in [2.45, 2.75) is 19.8 Å². The van der Waals surface area contributed by atoms with Crippen LogP contribution < -0.4 is 0 Å². The molecule has 0 aliphatic carbocycles.